The van der Waals surface area contributed by atoms with Gasteiger partial charge in [0.05, 0.1) is 12.2 Å². The zero-order valence-corrected chi connectivity index (χ0v) is 7.50. The van der Waals surface area contributed by atoms with Crippen LogP contribution in [0.1, 0.15) is 5.76 Å². The van der Waals surface area contributed by atoms with Gasteiger partial charge in [0.25, 0.3) is 0 Å². The van der Waals surface area contributed by atoms with E-state index in [9.17, 15) is 0 Å². The summed E-state index contributed by atoms with van der Waals surface area (Å²) < 4.78 is 5.57. The molecule has 0 aliphatic rings. The molecule has 0 unspecified atom stereocenters. The molecule has 0 fully saturated rings. The molecule has 2 rings (SSSR count). The van der Waals surface area contributed by atoms with E-state index in [0.717, 1.165) is 23.8 Å². The minimum atomic E-state index is 0.765. The largest absolute Gasteiger partial charge is 0.458 e. The van der Waals surface area contributed by atoms with Crippen LogP contribution >= 0.6 is 0 Å². The standard InChI is InChI=1S/C10H12N2O/c1-11-7-8-4-5-10(13-8)9-3-2-6-12-9/h2-6,11-12H,7H2,1H3. The van der Waals surface area contributed by atoms with Crippen LogP contribution in [0, 0.1) is 0 Å². The van der Waals surface area contributed by atoms with Crippen LogP contribution in [-0.4, -0.2) is 12.0 Å². The van der Waals surface area contributed by atoms with Crippen LogP contribution in [0.5, 0.6) is 0 Å². The van der Waals surface area contributed by atoms with E-state index in [1.165, 1.54) is 0 Å². The maximum Gasteiger partial charge on any atom is 0.150 e. The first kappa shape index (κ1) is 8.13. The number of H-pyrrole nitrogens is 1. The van der Waals surface area contributed by atoms with Crippen molar-refractivity contribution in [1.82, 2.24) is 10.3 Å². The Morgan fingerprint density at radius 2 is 2.31 bits per heavy atom. The quantitative estimate of drug-likeness (QED) is 0.750. The summed E-state index contributed by atoms with van der Waals surface area (Å²) in [6, 6.07) is 7.89. The Morgan fingerprint density at radius 3 is 3.00 bits per heavy atom. The molecule has 0 aliphatic carbocycles. The predicted molar refractivity (Wildman–Crippen MR) is 51.3 cm³/mol. The van der Waals surface area contributed by atoms with Crippen molar-refractivity contribution in [2.24, 2.45) is 0 Å². The third-order valence-corrected chi connectivity index (χ3v) is 1.88. The third kappa shape index (κ3) is 1.65. The van der Waals surface area contributed by atoms with Gasteiger partial charge in [-0.1, -0.05) is 0 Å². The van der Waals surface area contributed by atoms with E-state index in [0.29, 0.717) is 0 Å². The lowest BCUT2D eigenvalue weighted by molar-refractivity contribution is 0.506. The summed E-state index contributed by atoms with van der Waals surface area (Å²) in [5.41, 5.74) is 1.02. The lowest BCUT2D eigenvalue weighted by Crippen LogP contribution is -2.03. The van der Waals surface area contributed by atoms with Gasteiger partial charge in [0.1, 0.15) is 5.76 Å². The average molecular weight is 176 g/mol. The van der Waals surface area contributed by atoms with E-state index in [2.05, 4.69) is 10.3 Å². The lowest BCUT2D eigenvalue weighted by atomic mass is 10.3. The van der Waals surface area contributed by atoms with Gasteiger partial charge in [0.2, 0.25) is 0 Å². The van der Waals surface area contributed by atoms with Crippen LogP contribution in [0.3, 0.4) is 0 Å². The molecule has 2 N–H and O–H groups in total. The first-order valence-corrected chi connectivity index (χ1v) is 4.27. The molecule has 2 heterocycles. The Bertz CT molecular complexity index is 362. The molecule has 0 aliphatic heterocycles. The maximum atomic E-state index is 5.57. The van der Waals surface area contributed by atoms with Gasteiger partial charge in [-0.15, -0.1) is 0 Å². The second kappa shape index (κ2) is 3.49. The van der Waals surface area contributed by atoms with Crippen molar-refractivity contribution in [3.63, 3.8) is 0 Å². The molecule has 0 aromatic carbocycles. The number of furan rings is 1. The Kier molecular flexibility index (Phi) is 2.19. The fourth-order valence-corrected chi connectivity index (χ4v) is 1.28. The topological polar surface area (TPSA) is 41.0 Å². The summed E-state index contributed by atoms with van der Waals surface area (Å²) in [6.45, 7) is 0.765. The van der Waals surface area contributed by atoms with E-state index in [-0.39, 0.29) is 0 Å². The molecule has 3 nitrogen and oxygen atoms in total. The van der Waals surface area contributed by atoms with Gasteiger partial charge in [-0.2, -0.15) is 0 Å². The molecular weight excluding hydrogens is 164 g/mol. The number of hydrogen-bond donors (Lipinski definition) is 2. The second-order valence-corrected chi connectivity index (χ2v) is 2.88. The van der Waals surface area contributed by atoms with Gasteiger partial charge in [0, 0.05) is 6.20 Å². The Hall–Kier alpha value is -1.48. The maximum absolute atomic E-state index is 5.57. The van der Waals surface area contributed by atoms with Gasteiger partial charge < -0.3 is 14.7 Å². The monoisotopic (exact) mass is 176 g/mol. The molecule has 0 bridgehead atoms. The molecule has 13 heavy (non-hydrogen) atoms. The second-order valence-electron chi connectivity index (χ2n) is 2.88. The van der Waals surface area contributed by atoms with E-state index < -0.39 is 0 Å². The highest BCUT2D eigenvalue weighted by Gasteiger charge is 2.03. The van der Waals surface area contributed by atoms with Crippen molar-refractivity contribution in [3.8, 4) is 11.5 Å². The van der Waals surface area contributed by atoms with E-state index >= 15 is 0 Å². The first-order chi connectivity index (χ1) is 6.40. The lowest BCUT2D eigenvalue weighted by Gasteiger charge is -1.93. The van der Waals surface area contributed by atoms with Crippen LogP contribution in [0.4, 0.5) is 0 Å². The van der Waals surface area contributed by atoms with E-state index in [1.54, 1.807) is 0 Å². The third-order valence-electron chi connectivity index (χ3n) is 1.88. The molecule has 0 saturated heterocycles. The average Bonchev–Trinajstić information content (AvgIpc) is 2.70. The van der Waals surface area contributed by atoms with E-state index in [1.807, 2.05) is 37.5 Å². The molecule has 2 aromatic rings. The van der Waals surface area contributed by atoms with Crippen molar-refractivity contribution in [2.45, 2.75) is 6.54 Å². The molecule has 2 aromatic heterocycles. The minimum absolute atomic E-state index is 0.765. The molecule has 0 atom stereocenters. The smallest absolute Gasteiger partial charge is 0.150 e. The number of aromatic nitrogens is 1. The Labute approximate surface area is 76.8 Å². The fraction of sp³-hybridized carbons (Fsp3) is 0.200. The summed E-state index contributed by atoms with van der Waals surface area (Å²) in [4.78, 5) is 3.09. The molecule has 0 spiro atoms. The van der Waals surface area contributed by atoms with Crippen LogP contribution in [0.25, 0.3) is 11.5 Å². The predicted octanol–water partition coefficient (Wildman–Crippen LogP) is 1.99. The molecule has 0 saturated carbocycles. The number of nitrogens with one attached hydrogen (secondary N) is 2. The van der Waals surface area contributed by atoms with Gasteiger partial charge >= 0.3 is 0 Å². The molecule has 68 valence electrons. The van der Waals surface area contributed by atoms with Gasteiger partial charge in [0.15, 0.2) is 5.76 Å². The van der Waals surface area contributed by atoms with Gasteiger partial charge in [-0.25, -0.2) is 0 Å². The summed E-state index contributed by atoms with van der Waals surface area (Å²) in [5, 5.41) is 3.04. The van der Waals surface area contributed by atoms with Crippen molar-refractivity contribution < 1.29 is 4.42 Å². The zero-order chi connectivity index (χ0) is 9.10. The molecule has 0 amide bonds. The SMILES string of the molecule is CNCc1ccc(-c2ccc[nH]2)o1. The summed E-state index contributed by atoms with van der Waals surface area (Å²) in [5.74, 6) is 1.84. The zero-order valence-electron chi connectivity index (χ0n) is 7.50. The molecular formula is C10H12N2O. The highest BCUT2D eigenvalue weighted by molar-refractivity contribution is 5.52. The number of rotatable bonds is 3. The highest BCUT2D eigenvalue weighted by atomic mass is 16.3. The van der Waals surface area contributed by atoms with Gasteiger partial charge in [-0.05, 0) is 31.3 Å². The van der Waals surface area contributed by atoms with Crippen molar-refractivity contribution in [2.75, 3.05) is 7.05 Å². The Balaban J connectivity index is 2.23. The van der Waals surface area contributed by atoms with Crippen LogP contribution in [0.2, 0.25) is 0 Å². The normalized spacial score (nSPS) is 10.5. The van der Waals surface area contributed by atoms with Crippen molar-refractivity contribution in [1.29, 1.82) is 0 Å². The van der Waals surface area contributed by atoms with E-state index in [4.69, 9.17) is 4.42 Å². The number of hydrogen-bond acceptors (Lipinski definition) is 2. The Morgan fingerprint density at radius 1 is 1.38 bits per heavy atom. The van der Waals surface area contributed by atoms with Gasteiger partial charge in [-0.3, -0.25) is 0 Å². The summed E-state index contributed by atoms with van der Waals surface area (Å²) in [7, 11) is 1.90. The minimum Gasteiger partial charge on any atom is -0.458 e. The van der Waals surface area contributed by atoms with Crippen LogP contribution in [0.15, 0.2) is 34.9 Å². The summed E-state index contributed by atoms with van der Waals surface area (Å²) in [6.07, 6.45) is 1.88. The fourth-order valence-electron chi connectivity index (χ4n) is 1.28. The highest BCUT2D eigenvalue weighted by Crippen LogP contribution is 2.19. The van der Waals surface area contributed by atoms with Crippen molar-refractivity contribution >= 4 is 0 Å². The summed E-state index contributed by atoms with van der Waals surface area (Å²) >= 11 is 0. The van der Waals surface area contributed by atoms with Crippen LogP contribution in [-0.2, 0) is 6.54 Å². The molecule has 0 radical (unpaired) electrons. The first-order valence-electron chi connectivity index (χ1n) is 4.27. The van der Waals surface area contributed by atoms with Crippen LogP contribution < -0.4 is 5.32 Å². The molecule has 3 heteroatoms. The van der Waals surface area contributed by atoms with Crippen molar-refractivity contribution in [3.05, 3.63) is 36.2 Å². The number of aromatic amines is 1.